The highest BCUT2D eigenvalue weighted by Crippen LogP contribution is 2.26. The summed E-state index contributed by atoms with van der Waals surface area (Å²) in [5.41, 5.74) is 0.760. The Morgan fingerprint density at radius 2 is 2.00 bits per heavy atom. The van der Waals surface area contributed by atoms with Gasteiger partial charge in [0.15, 0.2) is 5.78 Å². The van der Waals surface area contributed by atoms with Crippen LogP contribution in [0.4, 0.5) is 0 Å². The fourth-order valence-electron chi connectivity index (χ4n) is 1.68. The molecule has 0 aliphatic carbocycles. The van der Waals surface area contributed by atoms with Crippen molar-refractivity contribution in [3.63, 3.8) is 0 Å². The summed E-state index contributed by atoms with van der Waals surface area (Å²) in [4.78, 5) is 12.1. The number of rotatable bonds is 2. The van der Waals surface area contributed by atoms with Crippen LogP contribution in [-0.2, 0) is 0 Å². The predicted molar refractivity (Wildman–Crippen MR) is 78.0 cm³/mol. The molecular weight excluding hydrogens is 240 g/mol. The number of hydrogen-bond acceptors (Lipinski definition) is 2. The van der Waals surface area contributed by atoms with Crippen LogP contribution in [0.25, 0.3) is 10.1 Å². The molecule has 0 saturated carbocycles. The van der Waals surface area contributed by atoms with Crippen LogP contribution < -0.4 is 0 Å². The Labute approximate surface area is 112 Å². The lowest BCUT2D eigenvalue weighted by Crippen LogP contribution is -2.01. The van der Waals surface area contributed by atoms with E-state index in [1.807, 2.05) is 50.4 Å². The SMILES string of the molecule is CC(C)(C)C#CCC(=O)c1csc2ccccc12. The average molecular weight is 256 g/mol. The molecule has 1 aromatic heterocycles. The van der Waals surface area contributed by atoms with Gasteiger partial charge < -0.3 is 0 Å². The number of Topliss-reactive ketones (excluding diaryl/α,β-unsaturated/α-hetero) is 1. The lowest BCUT2D eigenvalue weighted by atomic mass is 9.97. The molecule has 0 bridgehead atoms. The van der Waals surface area contributed by atoms with Gasteiger partial charge in [-0.1, -0.05) is 30.0 Å². The van der Waals surface area contributed by atoms with Gasteiger partial charge in [0.1, 0.15) is 0 Å². The molecule has 1 nitrogen and oxygen atoms in total. The Hall–Kier alpha value is -1.59. The number of thiophene rings is 1. The molecule has 18 heavy (non-hydrogen) atoms. The topological polar surface area (TPSA) is 17.1 Å². The zero-order valence-electron chi connectivity index (χ0n) is 10.9. The molecule has 1 aromatic carbocycles. The Bertz CT molecular complexity index is 632. The van der Waals surface area contributed by atoms with E-state index < -0.39 is 0 Å². The standard InChI is InChI=1S/C16H16OS/c1-16(2,3)10-6-8-14(17)13-11-18-15-9-5-4-7-12(13)15/h4-5,7,9,11H,8H2,1-3H3. The van der Waals surface area contributed by atoms with Gasteiger partial charge >= 0.3 is 0 Å². The molecule has 2 aromatic rings. The Kier molecular flexibility index (Phi) is 3.54. The number of carbonyl (C=O) groups is 1. The van der Waals surface area contributed by atoms with Crippen LogP contribution in [0.5, 0.6) is 0 Å². The minimum Gasteiger partial charge on any atom is -0.293 e. The van der Waals surface area contributed by atoms with Crippen LogP contribution >= 0.6 is 11.3 Å². The summed E-state index contributed by atoms with van der Waals surface area (Å²) in [5, 5.41) is 2.98. The Balaban J connectivity index is 2.21. The number of hydrogen-bond donors (Lipinski definition) is 0. The zero-order valence-corrected chi connectivity index (χ0v) is 11.7. The Morgan fingerprint density at radius 1 is 1.28 bits per heavy atom. The minimum absolute atomic E-state index is 0.0446. The van der Waals surface area contributed by atoms with Crippen LogP contribution in [-0.4, -0.2) is 5.78 Å². The summed E-state index contributed by atoms with van der Waals surface area (Å²) in [6.07, 6.45) is 0.304. The molecule has 0 N–H and O–H groups in total. The Morgan fingerprint density at radius 3 is 2.72 bits per heavy atom. The largest absolute Gasteiger partial charge is 0.293 e. The van der Waals surface area contributed by atoms with Crippen molar-refractivity contribution in [1.82, 2.24) is 0 Å². The van der Waals surface area contributed by atoms with E-state index in [9.17, 15) is 4.79 Å². The average Bonchev–Trinajstić information content (AvgIpc) is 2.70. The molecule has 0 amide bonds. The molecular formula is C16H16OS. The van der Waals surface area contributed by atoms with E-state index >= 15 is 0 Å². The first-order valence-corrected chi connectivity index (χ1v) is 6.85. The van der Waals surface area contributed by atoms with E-state index in [0.29, 0.717) is 6.42 Å². The predicted octanol–water partition coefficient (Wildman–Crippen LogP) is 4.52. The van der Waals surface area contributed by atoms with Crippen LogP contribution in [0.1, 0.15) is 37.6 Å². The van der Waals surface area contributed by atoms with Gasteiger partial charge in [-0.3, -0.25) is 4.79 Å². The van der Waals surface area contributed by atoms with Crippen LogP contribution in [0.2, 0.25) is 0 Å². The molecule has 0 atom stereocenters. The second kappa shape index (κ2) is 4.96. The minimum atomic E-state index is -0.0446. The first-order chi connectivity index (χ1) is 8.47. The highest BCUT2D eigenvalue weighted by atomic mass is 32.1. The van der Waals surface area contributed by atoms with Crippen molar-refractivity contribution < 1.29 is 4.79 Å². The number of carbonyl (C=O) groups excluding carboxylic acids is 1. The number of fused-ring (bicyclic) bond motifs is 1. The van der Waals surface area contributed by atoms with Crippen molar-refractivity contribution in [2.75, 3.05) is 0 Å². The highest BCUT2D eigenvalue weighted by molar-refractivity contribution is 7.17. The molecule has 0 saturated heterocycles. The molecule has 2 heteroatoms. The van der Waals surface area contributed by atoms with E-state index in [1.54, 1.807) is 11.3 Å². The summed E-state index contributed by atoms with van der Waals surface area (Å²) in [5.74, 6) is 6.19. The normalized spacial score (nSPS) is 11.1. The zero-order chi connectivity index (χ0) is 13.2. The second-order valence-corrected chi connectivity index (χ2v) is 6.21. The maximum absolute atomic E-state index is 12.1. The fraction of sp³-hybridized carbons (Fsp3) is 0.312. The third-order valence-corrected chi connectivity index (χ3v) is 3.46. The molecule has 0 aliphatic rings. The maximum Gasteiger partial charge on any atom is 0.176 e. The van der Waals surface area contributed by atoms with Crippen molar-refractivity contribution in [2.45, 2.75) is 27.2 Å². The van der Waals surface area contributed by atoms with Gasteiger partial charge in [0.2, 0.25) is 0 Å². The lowest BCUT2D eigenvalue weighted by molar-refractivity contribution is 0.1000. The molecule has 0 unspecified atom stereocenters. The van der Waals surface area contributed by atoms with Crippen LogP contribution in [0, 0.1) is 17.3 Å². The van der Waals surface area contributed by atoms with Crippen molar-refractivity contribution in [3.8, 4) is 11.8 Å². The molecule has 0 spiro atoms. The van der Waals surface area contributed by atoms with Gasteiger partial charge in [0.25, 0.3) is 0 Å². The molecule has 0 fully saturated rings. The van der Waals surface area contributed by atoms with E-state index in [0.717, 1.165) is 15.6 Å². The third kappa shape index (κ3) is 3.00. The van der Waals surface area contributed by atoms with E-state index in [2.05, 4.69) is 11.8 Å². The first-order valence-electron chi connectivity index (χ1n) is 5.97. The van der Waals surface area contributed by atoms with Crippen molar-refractivity contribution in [1.29, 1.82) is 0 Å². The van der Waals surface area contributed by atoms with Gasteiger partial charge in [-0.25, -0.2) is 0 Å². The molecule has 1 heterocycles. The summed E-state index contributed by atoms with van der Waals surface area (Å²) in [6, 6.07) is 7.99. The fourth-order valence-corrected chi connectivity index (χ4v) is 2.64. The summed E-state index contributed by atoms with van der Waals surface area (Å²) in [6.45, 7) is 6.14. The first kappa shape index (κ1) is 12.9. The number of ketones is 1. The third-order valence-electron chi connectivity index (χ3n) is 2.49. The van der Waals surface area contributed by atoms with Gasteiger partial charge in [0.05, 0.1) is 6.42 Å². The second-order valence-electron chi connectivity index (χ2n) is 5.30. The number of benzene rings is 1. The molecule has 92 valence electrons. The molecule has 2 rings (SSSR count). The summed E-state index contributed by atoms with van der Waals surface area (Å²) < 4.78 is 1.16. The van der Waals surface area contributed by atoms with Gasteiger partial charge in [-0.05, 0) is 26.8 Å². The van der Waals surface area contributed by atoms with Crippen LogP contribution in [0.3, 0.4) is 0 Å². The maximum atomic E-state index is 12.1. The van der Waals surface area contributed by atoms with Crippen LogP contribution in [0.15, 0.2) is 29.6 Å². The van der Waals surface area contributed by atoms with Crippen molar-refractivity contribution in [3.05, 3.63) is 35.2 Å². The molecule has 0 radical (unpaired) electrons. The van der Waals surface area contributed by atoms with E-state index in [-0.39, 0.29) is 11.2 Å². The van der Waals surface area contributed by atoms with Crippen molar-refractivity contribution in [2.24, 2.45) is 5.41 Å². The van der Waals surface area contributed by atoms with E-state index in [4.69, 9.17) is 0 Å². The smallest absolute Gasteiger partial charge is 0.176 e. The summed E-state index contributed by atoms with van der Waals surface area (Å²) in [7, 11) is 0. The highest BCUT2D eigenvalue weighted by Gasteiger charge is 2.11. The summed E-state index contributed by atoms with van der Waals surface area (Å²) >= 11 is 1.61. The van der Waals surface area contributed by atoms with Gasteiger partial charge in [0, 0.05) is 26.4 Å². The van der Waals surface area contributed by atoms with Gasteiger partial charge in [-0.15, -0.1) is 11.3 Å². The quantitative estimate of drug-likeness (QED) is 0.570. The van der Waals surface area contributed by atoms with Crippen molar-refractivity contribution >= 4 is 27.2 Å². The lowest BCUT2D eigenvalue weighted by Gasteiger charge is -2.06. The molecule has 0 aliphatic heterocycles. The van der Waals surface area contributed by atoms with Gasteiger partial charge in [-0.2, -0.15) is 0 Å². The van der Waals surface area contributed by atoms with E-state index in [1.165, 1.54) is 0 Å². The monoisotopic (exact) mass is 256 g/mol.